The molecule has 1 heterocycles. The van der Waals surface area contributed by atoms with Gasteiger partial charge in [0.15, 0.2) is 0 Å². The molecule has 1 aromatic carbocycles. The summed E-state index contributed by atoms with van der Waals surface area (Å²) in [5, 5.41) is 0.599. The smallest absolute Gasteiger partial charge is 0.241 e. The van der Waals surface area contributed by atoms with Crippen LogP contribution in [0.4, 0.5) is 0 Å². The molecule has 1 atom stereocenters. The average Bonchev–Trinajstić information content (AvgIpc) is 2.43. The van der Waals surface area contributed by atoms with E-state index in [1.807, 2.05) is 32.1 Å². The van der Waals surface area contributed by atoms with Gasteiger partial charge in [0.2, 0.25) is 5.91 Å². The highest BCUT2D eigenvalue weighted by atomic mass is 79.9. The molecule has 1 unspecified atom stereocenters. The van der Waals surface area contributed by atoms with E-state index >= 15 is 0 Å². The predicted molar refractivity (Wildman–Crippen MR) is 85.3 cm³/mol. The van der Waals surface area contributed by atoms with Crippen molar-refractivity contribution in [2.45, 2.75) is 25.1 Å². The zero-order valence-electron chi connectivity index (χ0n) is 11.5. The molecule has 2 rings (SSSR count). The molecule has 0 bridgehead atoms. The normalized spacial score (nSPS) is 19.0. The van der Waals surface area contributed by atoms with Crippen molar-refractivity contribution < 1.29 is 9.53 Å². The number of hydrogen-bond donors (Lipinski definition) is 0. The summed E-state index contributed by atoms with van der Waals surface area (Å²) in [6.07, 6.45) is 2.72. The van der Waals surface area contributed by atoms with Crippen molar-refractivity contribution in [3.8, 4) is 5.75 Å². The quantitative estimate of drug-likeness (QED) is 0.759. The van der Waals surface area contributed by atoms with E-state index < -0.39 is 0 Å². The minimum atomic E-state index is -0.146. The molecule has 5 heteroatoms. The number of carbonyl (C=O) groups excluding carboxylic acids is 1. The fourth-order valence-electron chi connectivity index (χ4n) is 2.26. The van der Waals surface area contributed by atoms with Gasteiger partial charge in [0, 0.05) is 17.8 Å². The number of benzene rings is 1. The van der Waals surface area contributed by atoms with E-state index in [1.54, 1.807) is 11.0 Å². The lowest BCUT2D eigenvalue weighted by molar-refractivity contribution is -0.127. The molecule has 0 saturated carbocycles. The molecule has 0 radical (unpaired) electrons. The van der Waals surface area contributed by atoms with Gasteiger partial charge in [-0.3, -0.25) is 4.79 Å². The van der Waals surface area contributed by atoms with Crippen LogP contribution in [0, 0.1) is 0 Å². The third-order valence-electron chi connectivity index (χ3n) is 3.19. The van der Waals surface area contributed by atoms with E-state index in [1.165, 1.54) is 0 Å². The van der Waals surface area contributed by atoms with Crippen LogP contribution in [0.1, 0.15) is 25.8 Å². The van der Waals surface area contributed by atoms with Crippen molar-refractivity contribution in [1.82, 2.24) is 4.90 Å². The molecule has 20 heavy (non-hydrogen) atoms. The molecule has 1 aliphatic rings. The number of rotatable bonds is 4. The Bertz CT molecular complexity index is 545. The topological polar surface area (TPSA) is 29.5 Å². The maximum atomic E-state index is 12.2. The van der Waals surface area contributed by atoms with E-state index in [2.05, 4.69) is 15.9 Å². The van der Waals surface area contributed by atoms with E-state index in [4.69, 9.17) is 16.3 Å². The Balaban J connectivity index is 2.37. The van der Waals surface area contributed by atoms with Crippen LogP contribution in [0.5, 0.6) is 5.75 Å². The number of alkyl halides is 1. The molecule has 3 nitrogen and oxygen atoms in total. The first-order chi connectivity index (χ1) is 9.58. The third kappa shape index (κ3) is 3.01. The molecule has 0 fully saturated rings. The lowest BCUT2D eigenvalue weighted by Crippen LogP contribution is -2.38. The average molecular weight is 359 g/mol. The maximum absolute atomic E-state index is 12.2. The van der Waals surface area contributed by atoms with Crippen LogP contribution < -0.4 is 4.74 Å². The van der Waals surface area contributed by atoms with Crippen LogP contribution in [0.15, 0.2) is 24.3 Å². The van der Waals surface area contributed by atoms with Crippen LogP contribution in [-0.4, -0.2) is 28.8 Å². The van der Waals surface area contributed by atoms with E-state index in [9.17, 15) is 4.79 Å². The first kappa shape index (κ1) is 15.4. The third-order valence-corrected chi connectivity index (χ3v) is 4.26. The fourth-order valence-corrected chi connectivity index (χ4v) is 2.96. The Morgan fingerprint density at radius 1 is 1.45 bits per heavy atom. The molecular weight excluding hydrogens is 342 g/mol. The minimum Gasteiger partial charge on any atom is -0.494 e. The van der Waals surface area contributed by atoms with Gasteiger partial charge in [0.1, 0.15) is 5.75 Å². The summed E-state index contributed by atoms with van der Waals surface area (Å²) >= 11 is 9.73. The van der Waals surface area contributed by atoms with Crippen LogP contribution in [0.3, 0.4) is 0 Å². The summed E-state index contributed by atoms with van der Waals surface area (Å²) in [4.78, 5) is 13.8. The van der Waals surface area contributed by atoms with Crippen molar-refractivity contribution in [2.24, 2.45) is 0 Å². The van der Waals surface area contributed by atoms with Crippen LogP contribution in [0.2, 0.25) is 5.02 Å². The van der Waals surface area contributed by atoms with Gasteiger partial charge in [0.25, 0.3) is 0 Å². The summed E-state index contributed by atoms with van der Waals surface area (Å²) in [5.41, 5.74) is 1.74. The largest absolute Gasteiger partial charge is 0.494 e. The second-order valence-corrected chi connectivity index (χ2v) is 5.96. The molecule has 1 amide bonds. The standard InChI is InChI=1S/C15H17BrClNO2/c1-3-18-14(8-7-12(16)15(18)19)11-6-5-10(20-4-2)9-13(11)17/h5-6,8-9,12H,3-4,7H2,1-2H3. The molecule has 1 aliphatic heterocycles. The molecule has 1 aromatic rings. The lowest BCUT2D eigenvalue weighted by Gasteiger charge is -2.30. The van der Waals surface area contributed by atoms with Crippen LogP contribution >= 0.6 is 27.5 Å². The Morgan fingerprint density at radius 3 is 2.80 bits per heavy atom. The van der Waals surface area contributed by atoms with E-state index in [0.29, 0.717) is 24.6 Å². The molecule has 0 spiro atoms. The first-order valence-corrected chi connectivity index (χ1v) is 7.96. The number of carbonyl (C=O) groups is 1. The number of ether oxygens (including phenoxy) is 1. The van der Waals surface area contributed by atoms with Gasteiger partial charge in [-0.1, -0.05) is 33.6 Å². The number of allylic oxidation sites excluding steroid dienone is 1. The number of nitrogens with zero attached hydrogens (tertiary/aromatic N) is 1. The van der Waals surface area contributed by atoms with Gasteiger partial charge >= 0.3 is 0 Å². The SMILES string of the molecule is CCOc1ccc(C2=CCC(Br)C(=O)N2CC)c(Cl)c1. The monoisotopic (exact) mass is 357 g/mol. The molecule has 0 aromatic heterocycles. The summed E-state index contributed by atoms with van der Waals surface area (Å²) in [6, 6.07) is 5.58. The molecule has 108 valence electrons. The zero-order valence-corrected chi connectivity index (χ0v) is 13.9. The van der Waals surface area contributed by atoms with Gasteiger partial charge in [-0.15, -0.1) is 0 Å². The Morgan fingerprint density at radius 2 is 2.20 bits per heavy atom. The van der Waals surface area contributed by atoms with Gasteiger partial charge < -0.3 is 9.64 Å². The summed E-state index contributed by atoms with van der Waals surface area (Å²) < 4.78 is 5.43. The number of hydrogen-bond acceptors (Lipinski definition) is 2. The summed E-state index contributed by atoms with van der Waals surface area (Å²) in [5.74, 6) is 0.820. The van der Waals surface area contributed by atoms with Gasteiger partial charge in [-0.2, -0.15) is 0 Å². The Kier molecular flexibility index (Phi) is 5.11. The van der Waals surface area contributed by atoms with Crippen molar-refractivity contribution in [3.63, 3.8) is 0 Å². The van der Waals surface area contributed by atoms with Crippen molar-refractivity contribution >= 4 is 39.1 Å². The Hall–Kier alpha value is -1.00. The van der Waals surface area contributed by atoms with Crippen LogP contribution in [-0.2, 0) is 4.79 Å². The summed E-state index contributed by atoms with van der Waals surface area (Å²) in [6.45, 7) is 5.11. The van der Waals surface area contributed by atoms with Crippen molar-refractivity contribution in [3.05, 3.63) is 34.9 Å². The Labute approximate surface area is 132 Å². The first-order valence-electron chi connectivity index (χ1n) is 6.66. The maximum Gasteiger partial charge on any atom is 0.241 e. The minimum absolute atomic E-state index is 0.0787. The van der Waals surface area contributed by atoms with Gasteiger partial charge in [0.05, 0.1) is 16.5 Å². The lowest BCUT2D eigenvalue weighted by atomic mass is 10.0. The van der Waals surface area contributed by atoms with Crippen LogP contribution in [0.25, 0.3) is 5.70 Å². The fraction of sp³-hybridized carbons (Fsp3) is 0.400. The highest BCUT2D eigenvalue weighted by Gasteiger charge is 2.29. The van der Waals surface area contributed by atoms with Crippen molar-refractivity contribution in [2.75, 3.05) is 13.2 Å². The zero-order chi connectivity index (χ0) is 14.7. The predicted octanol–water partition coefficient (Wildman–Crippen LogP) is 4.10. The number of halogens is 2. The molecule has 0 aliphatic carbocycles. The second kappa shape index (κ2) is 6.64. The van der Waals surface area contributed by atoms with Gasteiger partial charge in [-0.05, 0) is 38.5 Å². The number of amides is 1. The molecule has 0 N–H and O–H groups in total. The highest BCUT2D eigenvalue weighted by molar-refractivity contribution is 9.10. The molecular formula is C15H17BrClNO2. The molecule has 0 saturated heterocycles. The van der Waals surface area contributed by atoms with E-state index in [-0.39, 0.29) is 10.7 Å². The van der Waals surface area contributed by atoms with E-state index in [0.717, 1.165) is 17.0 Å². The summed E-state index contributed by atoms with van der Waals surface area (Å²) in [7, 11) is 0. The van der Waals surface area contributed by atoms with Gasteiger partial charge in [-0.25, -0.2) is 0 Å². The second-order valence-electron chi connectivity index (χ2n) is 4.45. The highest BCUT2D eigenvalue weighted by Crippen LogP contribution is 2.34. The van der Waals surface area contributed by atoms with Crippen molar-refractivity contribution in [1.29, 1.82) is 0 Å².